The molecule has 1 aromatic heterocycles. The molecule has 2 N–H and O–H groups in total. The van der Waals surface area contributed by atoms with E-state index in [0.29, 0.717) is 24.7 Å². The van der Waals surface area contributed by atoms with Crippen molar-refractivity contribution >= 4 is 11.9 Å². The van der Waals surface area contributed by atoms with Crippen LogP contribution in [-0.4, -0.2) is 51.5 Å². The van der Waals surface area contributed by atoms with E-state index >= 15 is 0 Å². The van der Waals surface area contributed by atoms with Crippen LogP contribution in [-0.2, 0) is 10.3 Å². The fourth-order valence-corrected chi connectivity index (χ4v) is 4.09. The molecule has 0 bridgehead atoms. The van der Waals surface area contributed by atoms with Crippen molar-refractivity contribution in [1.29, 1.82) is 5.26 Å². The summed E-state index contributed by atoms with van der Waals surface area (Å²) < 4.78 is 1.65. The van der Waals surface area contributed by atoms with Crippen LogP contribution in [0.2, 0.25) is 0 Å². The van der Waals surface area contributed by atoms with Crippen molar-refractivity contribution < 1.29 is 9.59 Å². The van der Waals surface area contributed by atoms with Gasteiger partial charge in [-0.15, -0.1) is 5.10 Å². The Bertz CT molecular complexity index is 758. The average Bonchev–Trinajstić information content (AvgIpc) is 3.15. The lowest BCUT2D eigenvalue weighted by molar-refractivity contribution is -0.122. The smallest absolute Gasteiger partial charge is 0.317 e. The van der Waals surface area contributed by atoms with Gasteiger partial charge in [-0.25, -0.2) is 9.48 Å². The van der Waals surface area contributed by atoms with Gasteiger partial charge in [0.2, 0.25) is 5.91 Å². The van der Waals surface area contributed by atoms with Crippen molar-refractivity contribution in [2.24, 2.45) is 5.92 Å². The third-order valence-corrected chi connectivity index (χ3v) is 5.92. The molecule has 1 saturated heterocycles. The minimum absolute atomic E-state index is 0.0469. The summed E-state index contributed by atoms with van der Waals surface area (Å²) in [6, 6.07) is 1.89. The summed E-state index contributed by atoms with van der Waals surface area (Å²) in [4.78, 5) is 25.8. The van der Waals surface area contributed by atoms with Gasteiger partial charge in [-0.1, -0.05) is 24.5 Å². The summed E-state index contributed by atoms with van der Waals surface area (Å²) >= 11 is 0. The molecule has 1 atom stereocenters. The molecule has 2 aliphatic carbocycles. The van der Waals surface area contributed by atoms with Crippen LogP contribution in [0.25, 0.3) is 0 Å². The summed E-state index contributed by atoms with van der Waals surface area (Å²) in [5.74, 6) is 0.121. The maximum Gasteiger partial charge on any atom is 0.317 e. The van der Waals surface area contributed by atoms with E-state index in [1.165, 1.54) is 11.3 Å². The molecule has 4 rings (SSSR count). The summed E-state index contributed by atoms with van der Waals surface area (Å²) in [5, 5.41) is 23.7. The summed E-state index contributed by atoms with van der Waals surface area (Å²) in [7, 11) is 0. The van der Waals surface area contributed by atoms with Crippen molar-refractivity contribution in [2.75, 3.05) is 19.6 Å². The molecule has 3 aliphatic rings. The molecule has 0 radical (unpaired) electrons. The molecule has 3 fully saturated rings. The molecule has 1 aromatic rings. The molecule has 9 heteroatoms. The van der Waals surface area contributed by atoms with Crippen molar-refractivity contribution in [1.82, 2.24) is 30.5 Å². The van der Waals surface area contributed by atoms with Gasteiger partial charge in [-0.3, -0.25) is 4.79 Å². The highest BCUT2D eigenvalue weighted by molar-refractivity contribution is 5.85. The number of nitrogens with zero attached hydrogens (tertiary/aromatic N) is 5. The Balaban J connectivity index is 1.49. The third kappa shape index (κ3) is 3.61. The van der Waals surface area contributed by atoms with Gasteiger partial charge >= 0.3 is 6.03 Å². The number of urea groups is 1. The summed E-state index contributed by atoms with van der Waals surface area (Å²) in [6.07, 6.45) is 8.96. The van der Waals surface area contributed by atoms with Gasteiger partial charge < -0.3 is 15.5 Å². The fourth-order valence-electron chi connectivity index (χ4n) is 4.09. The lowest BCUT2D eigenvalue weighted by Crippen LogP contribution is -2.42. The first kappa shape index (κ1) is 17.8. The predicted octanol–water partition coefficient (Wildman–Crippen LogP) is 1.05. The number of hydrogen-bond donors (Lipinski definition) is 2. The quantitative estimate of drug-likeness (QED) is 0.775. The van der Waals surface area contributed by atoms with Crippen LogP contribution in [0.3, 0.4) is 0 Å². The largest absolute Gasteiger partial charge is 0.346 e. The molecule has 1 unspecified atom stereocenters. The lowest BCUT2D eigenvalue weighted by Gasteiger charge is -2.30. The van der Waals surface area contributed by atoms with Gasteiger partial charge in [-0.2, -0.15) is 5.26 Å². The van der Waals surface area contributed by atoms with Crippen molar-refractivity contribution in [3.05, 3.63) is 11.9 Å². The molecule has 3 amide bonds. The maximum atomic E-state index is 12.6. The highest BCUT2D eigenvalue weighted by atomic mass is 16.2. The van der Waals surface area contributed by atoms with Crippen LogP contribution < -0.4 is 10.6 Å². The van der Waals surface area contributed by atoms with Crippen LogP contribution in [0.1, 0.15) is 56.7 Å². The zero-order chi connectivity index (χ0) is 18.9. The first-order valence-corrected chi connectivity index (χ1v) is 9.77. The summed E-state index contributed by atoms with van der Waals surface area (Å²) in [6.45, 7) is 1.16. The van der Waals surface area contributed by atoms with E-state index in [2.05, 4.69) is 27.0 Å². The third-order valence-electron chi connectivity index (χ3n) is 5.92. The molecule has 0 spiro atoms. The Kier molecular flexibility index (Phi) is 4.72. The Labute approximate surface area is 158 Å². The summed E-state index contributed by atoms with van der Waals surface area (Å²) in [5.41, 5.74) is 0.155. The minimum atomic E-state index is -0.556. The number of amides is 3. The number of aromatic nitrogens is 3. The van der Waals surface area contributed by atoms with E-state index in [-0.39, 0.29) is 24.5 Å². The molecule has 0 aromatic carbocycles. The van der Waals surface area contributed by atoms with Gasteiger partial charge in [0.05, 0.1) is 18.3 Å². The van der Waals surface area contributed by atoms with Gasteiger partial charge in [0.25, 0.3) is 0 Å². The zero-order valence-electron chi connectivity index (χ0n) is 15.4. The fraction of sp³-hybridized carbons (Fsp3) is 0.722. The first-order chi connectivity index (χ1) is 13.1. The van der Waals surface area contributed by atoms with Crippen LogP contribution in [0.15, 0.2) is 6.20 Å². The van der Waals surface area contributed by atoms with Crippen molar-refractivity contribution in [3.8, 4) is 6.07 Å². The second-order valence-electron chi connectivity index (χ2n) is 7.83. The second kappa shape index (κ2) is 7.18. The molecule has 2 heterocycles. The monoisotopic (exact) mass is 371 g/mol. The number of carbonyl (C=O) groups is 2. The Morgan fingerprint density at radius 3 is 2.81 bits per heavy atom. The number of nitriles is 1. The number of nitrogens with one attached hydrogen (secondary N) is 2. The van der Waals surface area contributed by atoms with Gasteiger partial charge in [0.15, 0.2) is 5.54 Å². The zero-order valence-corrected chi connectivity index (χ0v) is 15.4. The molecular formula is C18H25N7O2. The molecule has 144 valence electrons. The normalized spacial score (nSPS) is 22.8. The standard InChI is InChI=1S/C18H25N7O2/c19-12-18(6-7-18)25-10-14(22-23-25)16(13-4-2-1-3-5-13)21-15(26)11-24-9-8-20-17(24)27/h10,13,16H,1-9,11H2,(H,20,27)(H,21,26). The Hall–Kier alpha value is -2.63. The predicted molar refractivity (Wildman–Crippen MR) is 95.3 cm³/mol. The topological polar surface area (TPSA) is 116 Å². The first-order valence-electron chi connectivity index (χ1n) is 9.77. The molecule has 9 nitrogen and oxygen atoms in total. The molecule has 1 aliphatic heterocycles. The van der Waals surface area contributed by atoms with Gasteiger partial charge in [0.1, 0.15) is 12.2 Å². The van der Waals surface area contributed by atoms with E-state index in [1.54, 1.807) is 4.68 Å². The maximum absolute atomic E-state index is 12.6. The van der Waals surface area contributed by atoms with Crippen LogP contribution in [0.5, 0.6) is 0 Å². The number of rotatable bonds is 6. The van der Waals surface area contributed by atoms with E-state index in [9.17, 15) is 14.9 Å². The van der Waals surface area contributed by atoms with E-state index < -0.39 is 5.54 Å². The number of hydrogen-bond acceptors (Lipinski definition) is 5. The van der Waals surface area contributed by atoms with Crippen molar-refractivity contribution in [2.45, 2.75) is 56.5 Å². The molecular weight excluding hydrogens is 346 g/mol. The SMILES string of the molecule is N#CC1(n2cc(C(NC(=O)CN3CCNC3=O)C3CCCCC3)nn2)CC1. The highest BCUT2D eigenvalue weighted by Gasteiger charge is 2.47. The Morgan fingerprint density at radius 1 is 1.41 bits per heavy atom. The lowest BCUT2D eigenvalue weighted by atomic mass is 9.82. The van der Waals surface area contributed by atoms with Crippen LogP contribution in [0, 0.1) is 17.2 Å². The average molecular weight is 371 g/mol. The van der Waals surface area contributed by atoms with Crippen LogP contribution in [0.4, 0.5) is 4.79 Å². The second-order valence-corrected chi connectivity index (χ2v) is 7.83. The Morgan fingerprint density at radius 2 is 2.19 bits per heavy atom. The van der Waals surface area contributed by atoms with Gasteiger partial charge in [0, 0.05) is 13.1 Å². The highest BCUT2D eigenvalue weighted by Crippen LogP contribution is 2.42. The van der Waals surface area contributed by atoms with E-state index in [1.807, 2.05) is 6.20 Å². The van der Waals surface area contributed by atoms with Crippen molar-refractivity contribution in [3.63, 3.8) is 0 Å². The molecule has 2 saturated carbocycles. The van der Waals surface area contributed by atoms with E-state index in [0.717, 1.165) is 38.5 Å². The van der Waals surface area contributed by atoms with Gasteiger partial charge in [-0.05, 0) is 31.6 Å². The number of carbonyl (C=O) groups excluding carboxylic acids is 2. The van der Waals surface area contributed by atoms with E-state index in [4.69, 9.17) is 0 Å². The van der Waals surface area contributed by atoms with Crippen LogP contribution >= 0.6 is 0 Å². The molecule has 27 heavy (non-hydrogen) atoms. The minimum Gasteiger partial charge on any atom is -0.346 e.